The van der Waals surface area contributed by atoms with E-state index in [4.69, 9.17) is 9.47 Å². The van der Waals surface area contributed by atoms with Crippen LogP contribution in [0.5, 0.6) is 0 Å². The molecule has 2 saturated heterocycles. The van der Waals surface area contributed by atoms with Gasteiger partial charge in [-0.05, 0) is 24.1 Å². The summed E-state index contributed by atoms with van der Waals surface area (Å²) in [5, 5.41) is 3.42. The van der Waals surface area contributed by atoms with Crippen LogP contribution in [0, 0.1) is 0 Å². The minimum absolute atomic E-state index is 0. The van der Waals surface area contributed by atoms with Crippen molar-refractivity contribution in [3.63, 3.8) is 0 Å². The van der Waals surface area contributed by atoms with Crippen LogP contribution in [0.15, 0.2) is 18.2 Å². The maximum Gasteiger partial charge on any atom is 0.338 e. The van der Waals surface area contributed by atoms with Crippen LogP contribution in [-0.4, -0.2) is 55.8 Å². The first-order chi connectivity index (χ1) is 10.7. The molecule has 3 atom stereocenters. The van der Waals surface area contributed by atoms with Gasteiger partial charge in [-0.15, -0.1) is 24.8 Å². The van der Waals surface area contributed by atoms with Crippen LogP contribution in [0.2, 0.25) is 0 Å². The highest BCUT2D eigenvalue weighted by atomic mass is 35.5. The summed E-state index contributed by atoms with van der Waals surface area (Å²) in [7, 11) is 0. The third-order valence-corrected chi connectivity index (χ3v) is 4.90. The van der Waals surface area contributed by atoms with Gasteiger partial charge in [0.1, 0.15) is 6.10 Å². The van der Waals surface area contributed by atoms with Gasteiger partial charge in [-0.1, -0.05) is 12.1 Å². The van der Waals surface area contributed by atoms with Gasteiger partial charge in [-0.3, -0.25) is 4.90 Å². The molecule has 3 aliphatic heterocycles. The van der Waals surface area contributed by atoms with E-state index in [9.17, 15) is 4.79 Å². The fourth-order valence-corrected chi connectivity index (χ4v) is 3.68. The lowest BCUT2D eigenvalue weighted by Crippen LogP contribution is -2.57. The molecule has 134 valence electrons. The molecular formula is C17H24Cl2N2O3. The van der Waals surface area contributed by atoms with Crippen molar-refractivity contribution >= 4 is 30.8 Å². The Balaban J connectivity index is 0.00000104. The summed E-state index contributed by atoms with van der Waals surface area (Å²) < 4.78 is 11.4. The number of benzene rings is 1. The molecule has 1 unspecified atom stereocenters. The van der Waals surface area contributed by atoms with Gasteiger partial charge < -0.3 is 14.8 Å². The molecule has 1 N–H and O–H groups in total. The van der Waals surface area contributed by atoms with E-state index in [1.54, 1.807) is 0 Å². The van der Waals surface area contributed by atoms with Crippen LogP contribution in [0.3, 0.4) is 0 Å². The van der Waals surface area contributed by atoms with Crippen LogP contribution in [0.1, 0.15) is 34.5 Å². The lowest BCUT2D eigenvalue weighted by molar-refractivity contribution is -0.0718. The number of cyclic esters (lactones) is 1. The van der Waals surface area contributed by atoms with Gasteiger partial charge in [0.05, 0.1) is 18.3 Å². The van der Waals surface area contributed by atoms with Crippen molar-refractivity contribution < 1.29 is 14.3 Å². The van der Waals surface area contributed by atoms with Crippen LogP contribution < -0.4 is 5.32 Å². The second-order valence-electron chi connectivity index (χ2n) is 6.51. The molecule has 0 aliphatic carbocycles. The molecule has 0 aromatic heterocycles. The number of nitrogens with one attached hydrogen (secondary N) is 1. The van der Waals surface area contributed by atoms with Crippen LogP contribution in [-0.2, 0) is 15.9 Å². The number of ether oxygens (including phenoxy) is 2. The van der Waals surface area contributed by atoms with Crippen LogP contribution in [0.25, 0.3) is 0 Å². The fraction of sp³-hybridized carbons (Fsp3) is 0.588. The van der Waals surface area contributed by atoms with Crippen molar-refractivity contribution in [2.75, 3.05) is 32.8 Å². The fourth-order valence-electron chi connectivity index (χ4n) is 3.68. The highest BCUT2D eigenvalue weighted by Crippen LogP contribution is 2.29. The summed E-state index contributed by atoms with van der Waals surface area (Å²) in [5.41, 5.74) is 2.97. The number of carbonyl (C=O) groups is 1. The van der Waals surface area contributed by atoms with Gasteiger partial charge in [0.25, 0.3) is 0 Å². The van der Waals surface area contributed by atoms with Gasteiger partial charge in [0, 0.05) is 38.6 Å². The van der Waals surface area contributed by atoms with Crippen LogP contribution in [0.4, 0.5) is 0 Å². The standard InChI is InChI=1S/C17H22N2O3.2ClH/c1-11-6-13-7-12(2-3-15(13)17(20)22-11)16-9-19-5-4-18-8-14(19)10-21-16;;/h2-3,7,11,14,16,18H,4-6,8-10H2,1H3;2*1H/t11?,14-,16+;;/m1../s1. The lowest BCUT2D eigenvalue weighted by atomic mass is 9.94. The second-order valence-corrected chi connectivity index (χ2v) is 6.51. The maximum atomic E-state index is 11.9. The summed E-state index contributed by atoms with van der Waals surface area (Å²) in [6.45, 7) is 6.80. The first-order valence-electron chi connectivity index (χ1n) is 8.11. The van der Waals surface area contributed by atoms with Gasteiger partial charge in [0.15, 0.2) is 0 Å². The normalized spacial score (nSPS) is 29.4. The number of hydrogen-bond donors (Lipinski definition) is 1. The van der Waals surface area contributed by atoms with Gasteiger partial charge in [-0.2, -0.15) is 0 Å². The molecule has 2 fully saturated rings. The molecule has 3 heterocycles. The number of hydrogen-bond acceptors (Lipinski definition) is 5. The molecule has 0 radical (unpaired) electrons. The number of rotatable bonds is 1. The van der Waals surface area contributed by atoms with Gasteiger partial charge in [0.2, 0.25) is 0 Å². The highest BCUT2D eigenvalue weighted by Gasteiger charge is 2.32. The quantitative estimate of drug-likeness (QED) is 0.761. The summed E-state index contributed by atoms with van der Waals surface area (Å²) in [4.78, 5) is 14.4. The molecular weight excluding hydrogens is 351 g/mol. The zero-order valence-corrected chi connectivity index (χ0v) is 15.3. The van der Waals surface area contributed by atoms with E-state index in [1.807, 2.05) is 19.1 Å². The van der Waals surface area contributed by atoms with E-state index in [0.717, 1.165) is 44.8 Å². The average Bonchev–Trinajstić information content (AvgIpc) is 2.53. The molecule has 4 rings (SSSR count). The Morgan fingerprint density at radius 2 is 2.12 bits per heavy atom. The molecule has 5 nitrogen and oxygen atoms in total. The Hall–Kier alpha value is -0.850. The smallest absolute Gasteiger partial charge is 0.338 e. The monoisotopic (exact) mass is 374 g/mol. The Kier molecular flexibility index (Phi) is 6.51. The first kappa shape index (κ1) is 19.5. The number of morpholine rings is 1. The SMILES string of the molecule is CC1Cc2cc([C@@H]3CN4CCNC[C@@H]4CO3)ccc2C(=O)O1.Cl.Cl. The Bertz CT molecular complexity index is 599. The molecule has 0 spiro atoms. The van der Waals surface area contributed by atoms with E-state index in [-0.39, 0.29) is 43.0 Å². The van der Waals surface area contributed by atoms with Gasteiger partial charge >= 0.3 is 5.97 Å². The maximum absolute atomic E-state index is 11.9. The average molecular weight is 375 g/mol. The third kappa shape index (κ3) is 3.70. The summed E-state index contributed by atoms with van der Waals surface area (Å²) in [5.74, 6) is -0.202. The van der Waals surface area contributed by atoms with E-state index < -0.39 is 0 Å². The minimum atomic E-state index is -0.202. The number of esters is 1. The molecule has 3 aliphatic rings. The molecule has 0 bridgehead atoms. The largest absolute Gasteiger partial charge is 0.459 e. The van der Waals surface area contributed by atoms with Crippen molar-refractivity contribution in [1.29, 1.82) is 0 Å². The Morgan fingerprint density at radius 3 is 2.96 bits per heavy atom. The van der Waals surface area contributed by atoms with Crippen molar-refractivity contribution in [3.05, 3.63) is 34.9 Å². The molecule has 0 amide bonds. The minimum Gasteiger partial charge on any atom is -0.459 e. The summed E-state index contributed by atoms with van der Waals surface area (Å²) >= 11 is 0. The lowest BCUT2D eigenvalue weighted by Gasteiger charge is -2.42. The van der Waals surface area contributed by atoms with Crippen molar-refractivity contribution in [3.8, 4) is 0 Å². The zero-order valence-electron chi connectivity index (χ0n) is 13.7. The second kappa shape index (κ2) is 8.02. The Labute approximate surface area is 154 Å². The summed E-state index contributed by atoms with van der Waals surface area (Å²) in [6.07, 6.45) is 0.853. The molecule has 0 saturated carbocycles. The molecule has 1 aromatic rings. The van der Waals surface area contributed by atoms with Crippen LogP contribution >= 0.6 is 24.8 Å². The van der Waals surface area contributed by atoms with Gasteiger partial charge in [-0.25, -0.2) is 4.79 Å². The van der Waals surface area contributed by atoms with E-state index in [1.165, 1.54) is 5.56 Å². The van der Waals surface area contributed by atoms with E-state index in [0.29, 0.717) is 11.6 Å². The first-order valence-corrected chi connectivity index (χ1v) is 8.11. The molecule has 1 aromatic carbocycles. The number of carbonyl (C=O) groups excluding carboxylic acids is 1. The number of nitrogens with zero attached hydrogens (tertiary/aromatic N) is 1. The highest BCUT2D eigenvalue weighted by molar-refractivity contribution is 5.92. The number of halogens is 2. The van der Waals surface area contributed by atoms with Crippen molar-refractivity contribution in [1.82, 2.24) is 10.2 Å². The van der Waals surface area contributed by atoms with E-state index in [2.05, 4.69) is 16.3 Å². The number of piperazine rings is 1. The zero-order chi connectivity index (χ0) is 15.1. The van der Waals surface area contributed by atoms with E-state index >= 15 is 0 Å². The predicted molar refractivity (Wildman–Crippen MR) is 96.4 cm³/mol. The third-order valence-electron chi connectivity index (χ3n) is 4.90. The number of fused-ring (bicyclic) bond motifs is 2. The topological polar surface area (TPSA) is 50.8 Å². The predicted octanol–water partition coefficient (Wildman–Crippen LogP) is 1.98. The van der Waals surface area contributed by atoms with Crippen molar-refractivity contribution in [2.45, 2.75) is 31.6 Å². The Morgan fingerprint density at radius 1 is 1.29 bits per heavy atom. The molecule has 7 heteroatoms. The summed E-state index contributed by atoms with van der Waals surface area (Å²) in [6, 6.07) is 6.55. The van der Waals surface area contributed by atoms with Crippen molar-refractivity contribution in [2.24, 2.45) is 0 Å². The molecule has 24 heavy (non-hydrogen) atoms.